The Morgan fingerprint density at radius 2 is 1.89 bits per heavy atom. The van der Waals surface area contributed by atoms with Crippen LogP contribution in [-0.2, 0) is 30.8 Å². The lowest BCUT2D eigenvalue weighted by molar-refractivity contribution is -0.147. The molecule has 3 atom stereocenters. The highest BCUT2D eigenvalue weighted by molar-refractivity contribution is 7.88. The Labute approximate surface area is 219 Å². The van der Waals surface area contributed by atoms with Crippen molar-refractivity contribution >= 4 is 33.3 Å². The summed E-state index contributed by atoms with van der Waals surface area (Å²) in [6, 6.07) is 1.64. The molecule has 0 aromatic heterocycles. The minimum Gasteiger partial charge on any atom is -0.508 e. The molecule has 0 unspecified atom stereocenters. The number of rotatable bonds is 4. The lowest BCUT2D eigenvalue weighted by Crippen LogP contribution is -2.58. The molecule has 1 aromatic rings. The number of nitrogens with two attached hydrogens (primary N) is 1. The smallest absolute Gasteiger partial charge is 0.255 e. The van der Waals surface area contributed by atoms with Crippen LogP contribution in [0.5, 0.6) is 5.75 Å². The maximum atomic E-state index is 13.6. The van der Waals surface area contributed by atoms with Crippen LogP contribution in [0.4, 0.5) is 0 Å². The quantitative estimate of drug-likeness (QED) is 0.230. The van der Waals surface area contributed by atoms with Gasteiger partial charge in [0.05, 0.1) is 23.9 Å². The van der Waals surface area contributed by atoms with Crippen LogP contribution in [0.3, 0.4) is 0 Å². The normalized spacial score (nSPS) is 25.0. The monoisotopic (exact) mass is 544 g/mol. The fourth-order valence-corrected chi connectivity index (χ4v) is 5.97. The van der Waals surface area contributed by atoms with Crippen molar-refractivity contribution in [3.63, 3.8) is 0 Å². The number of aromatic hydroxyl groups is 1. The van der Waals surface area contributed by atoms with Gasteiger partial charge in [0.15, 0.2) is 11.4 Å². The van der Waals surface area contributed by atoms with E-state index in [2.05, 4.69) is 16.6 Å². The number of Topliss-reactive ketones (excluding diaryl/α,β-unsaturated/α-hetero) is 2. The number of phenols is 1. The molecule has 0 bridgehead atoms. The highest BCUT2D eigenvalue weighted by Crippen LogP contribution is 2.53. The highest BCUT2D eigenvalue weighted by atomic mass is 32.2. The van der Waals surface area contributed by atoms with Crippen LogP contribution in [0.15, 0.2) is 23.0 Å². The first kappa shape index (κ1) is 27.4. The third kappa shape index (κ3) is 4.26. The van der Waals surface area contributed by atoms with E-state index in [0.717, 1.165) is 11.8 Å². The number of phenolic OH excluding ortho intramolecular Hbond substituents is 1. The molecule has 0 spiro atoms. The average Bonchev–Trinajstić information content (AvgIpc) is 2.79. The van der Waals surface area contributed by atoms with Gasteiger partial charge in [0, 0.05) is 17.9 Å². The molecular weight excluding hydrogens is 516 g/mol. The summed E-state index contributed by atoms with van der Waals surface area (Å²) < 4.78 is 24.8. The molecule has 3 aliphatic rings. The van der Waals surface area contributed by atoms with Crippen LogP contribution in [0.2, 0.25) is 0 Å². The van der Waals surface area contributed by atoms with Crippen LogP contribution < -0.4 is 10.5 Å². The molecule has 3 aliphatic carbocycles. The largest absolute Gasteiger partial charge is 0.508 e. The van der Waals surface area contributed by atoms with Gasteiger partial charge in [0.1, 0.15) is 22.8 Å². The molecule has 0 heterocycles. The fraction of sp³-hybridized carbons (Fsp3) is 0.423. The second-order valence-corrected chi connectivity index (χ2v) is 12.0. The Morgan fingerprint density at radius 3 is 2.47 bits per heavy atom. The average molecular weight is 545 g/mol. The molecule has 0 saturated heterocycles. The Hall–Kier alpha value is -3.66. The fourth-order valence-electron chi connectivity index (χ4n) is 5.63. The number of ketones is 2. The second kappa shape index (κ2) is 9.27. The predicted octanol–water partition coefficient (Wildman–Crippen LogP) is 0.448. The Balaban J connectivity index is 1.89. The van der Waals surface area contributed by atoms with Gasteiger partial charge in [-0.3, -0.25) is 14.4 Å². The summed E-state index contributed by atoms with van der Waals surface area (Å²) in [4.78, 5) is 37.9. The van der Waals surface area contributed by atoms with Gasteiger partial charge in [0.2, 0.25) is 15.8 Å². The minimum absolute atomic E-state index is 0.0416. The maximum Gasteiger partial charge on any atom is 0.255 e. The van der Waals surface area contributed by atoms with E-state index in [1.54, 1.807) is 6.07 Å². The molecule has 12 heteroatoms. The van der Waals surface area contributed by atoms with E-state index in [1.165, 1.54) is 0 Å². The molecule has 1 amide bonds. The molecule has 202 valence electrons. The number of hydrogen-bond donors (Lipinski definition) is 6. The lowest BCUT2D eigenvalue weighted by Gasteiger charge is -2.46. The molecule has 4 rings (SSSR count). The Kier molecular flexibility index (Phi) is 6.68. The first-order valence-corrected chi connectivity index (χ1v) is 13.8. The SMILES string of the molecule is CC(C)c1cc(C#CCNS(C)(=O)=O)c(O)c2c1C[C@H]1C[C@H]3CC(=O)C(C(N)=O)=C(O)[C@@]3(O)C(=O)C1=C2O. The molecule has 7 N–H and O–H groups in total. The van der Waals surface area contributed by atoms with Crippen molar-refractivity contribution in [1.82, 2.24) is 4.72 Å². The molecule has 0 aliphatic heterocycles. The number of amides is 1. The number of carbonyl (C=O) groups is 3. The molecule has 1 fully saturated rings. The van der Waals surface area contributed by atoms with Gasteiger partial charge in [-0.05, 0) is 41.9 Å². The summed E-state index contributed by atoms with van der Waals surface area (Å²) in [5, 5.41) is 44.4. The van der Waals surface area contributed by atoms with Crippen LogP contribution in [0, 0.1) is 23.7 Å². The summed E-state index contributed by atoms with van der Waals surface area (Å²) in [5.41, 5.74) is 2.82. The Bertz CT molecular complexity index is 1530. The van der Waals surface area contributed by atoms with E-state index < -0.39 is 67.8 Å². The van der Waals surface area contributed by atoms with Crippen LogP contribution >= 0.6 is 0 Å². The summed E-state index contributed by atoms with van der Waals surface area (Å²) in [6.07, 6.45) is 0.822. The van der Waals surface area contributed by atoms with E-state index in [9.17, 15) is 43.2 Å². The summed E-state index contributed by atoms with van der Waals surface area (Å²) in [6.45, 7) is 3.56. The van der Waals surface area contributed by atoms with Crippen LogP contribution in [0.1, 0.15) is 54.9 Å². The summed E-state index contributed by atoms with van der Waals surface area (Å²) in [5.74, 6) is -1.79. The number of hydrogen-bond acceptors (Lipinski definition) is 9. The van der Waals surface area contributed by atoms with Crippen molar-refractivity contribution in [2.45, 2.75) is 44.6 Å². The van der Waals surface area contributed by atoms with Gasteiger partial charge in [0.25, 0.3) is 5.91 Å². The first-order valence-electron chi connectivity index (χ1n) is 11.9. The van der Waals surface area contributed by atoms with Gasteiger partial charge in [-0.1, -0.05) is 25.7 Å². The predicted molar refractivity (Wildman–Crippen MR) is 135 cm³/mol. The third-order valence-corrected chi connectivity index (χ3v) is 8.03. The van der Waals surface area contributed by atoms with Crippen molar-refractivity contribution in [2.75, 3.05) is 12.8 Å². The van der Waals surface area contributed by atoms with E-state index in [0.29, 0.717) is 5.56 Å². The third-order valence-electron chi connectivity index (χ3n) is 7.37. The van der Waals surface area contributed by atoms with E-state index in [4.69, 9.17) is 5.73 Å². The molecule has 1 aromatic carbocycles. The number of benzene rings is 1. The topological polar surface area (TPSA) is 204 Å². The van der Waals surface area contributed by atoms with Crippen molar-refractivity contribution < 1.29 is 43.2 Å². The van der Waals surface area contributed by atoms with Gasteiger partial charge < -0.3 is 26.2 Å². The number of fused-ring (bicyclic) bond motifs is 3. The van der Waals surface area contributed by atoms with Crippen LogP contribution in [0.25, 0.3) is 5.76 Å². The van der Waals surface area contributed by atoms with Gasteiger partial charge in [-0.2, -0.15) is 0 Å². The molecule has 0 radical (unpaired) electrons. The number of nitrogens with one attached hydrogen (secondary N) is 1. The van der Waals surface area contributed by atoms with Crippen molar-refractivity contribution in [3.05, 3.63) is 45.2 Å². The zero-order chi connectivity index (χ0) is 28.3. The minimum atomic E-state index is -3.48. The van der Waals surface area contributed by atoms with Gasteiger partial charge in [-0.25, -0.2) is 13.1 Å². The summed E-state index contributed by atoms with van der Waals surface area (Å²) >= 11 is 0. The molecule has 11 nitrogen and oxygen atoms in total. The van der Waals surface area contributed by atoms with E-state index >= 15 is 0 Å². The molecular formula is C26H28N2O9S. The number of carbonyl (C=O) groups excluding carboxylic acids is 3. The first-order chi connectivity index (χ1) is 17.6. The number of sulfonamides is 1. The molecule has 38 heavy (non-hydrogen) atoms. The van der Waals surface area contributed by atoms with Gasteiger partial charge in [-0.15, -0.1) is 0 Å². The Morgan fingerprint density at radius 1 is 1.24 bits per heavy atom. The molecule has 1 saturated carbocycles. The van der Waals surface area contributed by atoms with E-state index in [1.807, 2.05) is 13.8 Å². The van der Waals surface area contributed by atoms with Crippen molar-refractivity contribution in [3.8, 4) is 17.6 Å². The van der Waals surface area contributed by atoms with Crippen molar-refractivity contribution in [1.29, 1.82) is 0 Å². The number of aliphatic hydroxyl groups is 3. The second-order valence-electron chi connectivity index (χ2n) is 10.2. The maximum absolute atomic E-state index is 13.6. The number of primary amides is 1. The van der Waals surface area contributed by atoms with Crippen LogP contribution in [-0.4, -0.2) is 64.7 Å². The summed E-state index contributed by atoms with van der Waals surface area (Å²) in [7, 11) is -3.48. The lowest BCUT2D eigenvalue weighted by atomic mass is 9.59. The number of aliphatic hydroxyl groups excluding tert-OH is 2. The zero-order valence-electron chi connectivity index (χ0n) is 21.0. The van der Waals surface area contributed by atoms with E-state index in [-0.39, 0.29) is 48.4 Å². The zero-order valence-corrected chi connectivity index (χ0v) is 21.8. The van der Waals surface area contributed by atoms with Gasteiger partial charge >= 0.3 is 0 Å². The van der Waals surface area contributed by atoms with Crippen molar-refractivity contribution in [2.24, 2.45) is 17.6 Å². The highest BCUT2D eigenvalue weighted by Gasteiger charge is 2.60. The standard InChI is InChI=1S/C26H28N2O9S/c1-11(2)15-8-12(5-4-6-28-38(3,36)37)21(30)19-16(15)9-13-7-14-10-17(29)20(25(27)34)24(33)26(14,35)23(32)18(13)22(19)31/h8,11,13-14,28,30-31,33,35H,6-7,9-10H2,1-3H3,(H2,27,34)/t13-,14+,26+/m1/s1.